The molecule has 0 amide bonds. The molecule has 16 heavy (non-hydrogen) atoms. The van der Waals surface area contributed by atoms with E-state index < -0.39 is 6.29 Å². The number of hydrogen-bond donors (Lipinski definition) is 3. The second-order valence-electron chi connectivity index (χ2n) is 3.14. The maximum atomic E-state index is 11.2. The van der Waals surface area contributed by atoms with E-state index in [4.69, 9.17) is 21.8 Å². The Kier molecular flexibility index (Phi) is 3.11. The fourth-order valence-electron chi connectivity index (χ4n) is 1.34. The summed E-state index contributed by atoms with van der Waals surface area (Å²) >= 11 is 6.67. The average molecular weight is 258 g/mol. The molecule has 0 bridgehead atoms. The average Bonchev–Trinajstić information content (AvgIpc) is 2.61. The Hall–Kier alpha value is -1.14. The largest absolute Gasteiger partial charge is 0.363 e. The molecule has 0 radical (unpaired) electrons. The Morgan fingerprint density at radius 1 is 1.25 bits per heavy atom. The number of halogens is 1. The van der Waals surface area contributed by atoms with Crippen LogP contribution in [0.2, 0.25) is 5.02 Å². The van der Waals surface area contributed by atoms with E-state index in [1.165, 1.54) is 0 Å². The lowest BCUT2D eigenvalue weighted by atomic mass is 10.1. The summed E-state index contributed by atoms with van der Waals surface area (Å²) in [6.45, 7) is 0. The van der Waals surface area contributed by atoms with Crippen LogP contribution >= 0.6 is 22.9 Å². The third-order valence-corrected chi connectivity index (χ3v) is 3.24. The van der Waals surface area contributed by atoms with Crippen LogP contribution < -0.4 is 4.87 Å². The Labute approximate surface area is 99.8 Å². The second kappa shape index (κ2) is 4.39. The summed E-state index contributed by atoms with van der Waals surface area (Å²) in [5.74, 6) is 0. The van der Waals surface area contributed by atoms with Gasteiger partial charge in [-0.25, -0.2) is 0 Å². The number of aliphatic hydroxyl groups is 2. The topological polar surface area (TPSA) is 73.3 Å². The highest BCUT2D eigenvalue weighted by Gasteiger charge is 2.15. The number of benzene rings is 1. The van der Waals surface area contributed by atoms with E-state index in [0.29, 0.717) is 9.90 Å². The van der Waals surface area contributed by atoms with Crippen LogP contribution in [0.15, 0.2) is 29.1 Å². The Morgan fingerprint density at radius 2 is 1.88 bits per heavy atom. The van der Waals surface area contributed by atoms with Crippen molar-refractivity contribution in [3.8, 4) is 10.4 Å². The predicted molar refractivity (Wildman–Crippen MR) is 62.6 cm³/mol. The van der Waals surface area contributed by atoms with Crippen molar-refractivity contribution in [1.82, 2.24) is 4.98 Å². The van der Waals surface area contributed by atoms with Crippen molar-refractivity contribution in [3.63, 3.8) is 0 Å². The highest BCUT2D eigenvalue weighted by molar-refractivity contribution is 7.13. The minimum Gasteiger partial charge on any atom is -0.363 e. The van der Waals surface area contributed by atoms with Crippen molar-refractivity contribution >= 4 is 22.9 Å². The SMILES string of the molecule is O=c1[nH]c(C(O)O)c(-c2ccc(Cl)cc2)s1. The van der Waals surface area contributed by atoms with E-state index in [-0.39, 0.29) is 10.6 Å². The molecule has 6 heteroatoms. The van der Waals surface area contributed by atoms with Crippen LogP contribution in [0.4, 0.5) is 0 Å². The Bertz CT molecular complexity index is 544. The van der Waals surface area contributed by atoms with Gasteiger partial charge in [-0.1, -0.05) is 35.1 Å². The summed E-state index contributed by atoms with van der Waals surface area (Å²) in [6.07, 6.45) is -1.69. The molecule has 3 N–H and O–H groups in total. The van der Waals surface area contributed by atoms with Gasteiger partial charge < -0.3 is 15.2 Å². The first kappa shape index (κ1) is 11.3. The van der Waals surface area contributed by atoms with Crippen LogP contribution in [-0.2, 0) is 0 Å². The predicted octanol–water partition coefficient (Wildman–Crippen LogP) is 1.74. The lowest BCUT2D eigenvalue weighted by Gasteiger charge is -2.04. The zero-order valence-electron chi connectivity index (χ0n) is 7.98. The standard InChI is InChI=1S/C10H8ClNO3S/c11-6-3-1-5(2-4-6)8-7(9(13)14)12-10(15)16-8/h1-4,9,13-14H,(H,12,15). The molecule has 84 valence electrons. The van der Waals surface area contributed by atoms with Crippen LogP contribution in [0, 0.1) is 0 Å². The molecule has 0 saturated carbocycles. The van der Waals surface area contributed by atoms with E-state index in [1.807, 2.05) is 0 Å². The van der Waals surface area contributed by atoms with Crippen molar-refractivity contribution in [2.45, 2.75) is 6.29 Å². The van der Waals surface area contributed by atoms with Gasteiger partial charge in [-0.15, -0.1) is 0 Å². The summed E-state index contributed by atoms with van der Waals surface area (Å²) in [5.41, 5.74) is 0.827. The summed E-state index contributed by atoms with van der Waals surface area (Å²) in [6, 6.07) is 6.78. The van der Waals surface area contributed by atoms with E-state index >= 15 is 0 Å². The first-order chi connectivity index (χ1) is 7.58. The normalized spacial score (nSPS) is 11.0. The molecular weight excluding hydrogens is 250 g/mol. The van der Waals surface area contributed by atoms with Gasteiger partial charge in [0.2, 0.25) is 0 Å². The number of H-pyrrole nitrogens is 1. The highest BCUT2D eigenvalue weighted by Crippen LogP contribution is 2.29. The lowest BCUT2D eigenvalue weighted by molar-refractivity contribution is -0.0450. The van der Waals surface area contributed by atoms with E-state index in [9.17, 15) is 4.79 Å². The smallest absolute Gasteiger partial charge is 0.305 e. The van der Waals surface area contributed by atoms with Gasteiger partial charge in [-0.2, -0.15) is 0 Å². The molecule has 1 aromatic carbocycles. The van der Waals surface area contributed by atoms with Crippen molar-refractivity contribution in [1.29, 1.82) is 0 Å². The van der Waals surface area contributed by atoms with Crippen molar-refractivity contribution in [2.24, 2.45) is 0 Å². The van der Waals surface area contributed by atoms with Crippen molar-refractivity contribution < 1.29 is 10.2 Å². The van der Waals surface area contributed by atoms with Gasteiger partial charge in [0, 0.05) is 5.02 Å². The minimum atomic E-state index is -1.69. The summed E-state index contributed by atoms with van der Waals surface area (Å²) in [4.78, 5) is 13.7. The molecule has 0 aliphatic rings. The van der Waals surface area contributed by atoms with Crippen molar-refractivity contribution in [2.75, 3.05) is 0 Å². The molecule has 0 spiro atoms. The van der Waals surface area contributed by atoms with Gasteiger partial charge in [0.1, 0.15) is 0 Å². The number of aromatic amines is 1. The minimum absolute atomic E-state index is 0.109. The Morgan fingerprint density at radius 3 is 2.44 bits per heavy atom. The van der Waals surface area contributed by atoms with Gasteiger partial charge >= 0.3 is 4.87 Å². The molecule has 2 aromatic rings. The van der Waals surface area contributed by atoms with E-state index in [2.05, 4.69) is 4.98 Å². The molecule has 0 atom stereocenters. The molecule has 0 fully saturated rings. The monoisotopic (exact) mass is 257 g/mol. The van der Waals surface area contributed by atoms with Gasteiger partial charge in [0.25, 0.3) is 0 Å². The van der Waals surface area contributed by atoms with Gasteiger partial charge in [-0.05, 0) is 17.7 Å². The van der Waals surface area contributed by atoms with Gasteiger partial charge in [-0.3, -0.25) is 4.79 Å². The molecule has 0 saturated heterocycles. The first-order valence-corrected chi connectivity index (χ1v) is 5.62. The second-order valence-corrected chi connectivity index (χ2v) is 4.56. The Balaban J connectivity index is 2.55. The fourth-order valence-corrected chi connectivity index (χ4v) is 2.33. The van der Waals surface area contributed by atoms with Crippen LogP contribution in [0.5, 0.6) is 0 Å². The maximum absolute atomic E-state index is 11.2. The number of aromatic nitrogens is 1. The highest BCUT2D eigenvalue weighted by atomic mass is 35.5. The van der Waals surface area contributed by atoms with Crippen molar-refractivity contribution in [3.05, 3.63) is 44.6 Å². The maximum Gasteiger partial charge on any atom is 0.305 e. The first-order valence-electron chi connectivity index (χ1n) is 4.43. The van der Waals surface area contributed by atoms with Crippen LogP contribution in [-0.4, -0.2) is 15.2 Å². The molecule has 0 aliphatic carbocycles. The van der Waals surface area contributed by atoms with E-state index in [1.54, 1.807) is 24.3 Å². The number of thiazole rings is 1. The van der Waals surface area contributed by atoms with Crippen LogP contribution in [0.3, 0.4) is 0 Å². The summed E-state index contributed by atoms with van der Waals surface area (Å²) in [7, 11) is 0. The number of rotatable bonds is 2. The third-order valence-electron chi connectivity index (χ3n) is 2.04. The molecule has 1 aromatic heterocycles. The van der Waals surface area contributed by atoms with Crippen LogP contribution in [0.25, 0.3) is 10.4 Å². The molecule has 4 nitrogen and oxygen atoms in total. The zero-order chi connectivity index (χ0) is 11.7. The third kappa shape index (κ3) is 2.17. The fraction of sp³-hybridized carbons (Fsp3) is 0.100. The summed E-state index contributed by atoms with van der Waals surface area (Å²) in [5, 5.41) is 18.8. The lowest BCUT2D eigenvalue weighted by Crippen LogP contribution is -2.01. The quantitative estimate of drug-likeness (QED) is 0.718. The molecular formula is C10H8ClNO3S. The van der Waals surface area contributed by atoms with Crippen LogP contribution in [0.1, 0.15) is 12.0 Å². The number of nitrogens with one attached hydrogen (secondary N) is 1. The van der Waals surface area contributed by atoms with E-state index in [0.717, 1.165) is 16.9 Å². The number of aliphatic hydroxyl groups excluding tert-OH is 1. The molecule has 0 unspecified atom stereocenters. The molecule has 0 aliphatic heterocycles. The zero-order valence-corrected chi connectivity index (χ0v) is 9.55. The molecule has 2 rings (SSSR count). The number of hydrogen-bond acceptors (Lipinski definition) is 4. The summed E-state index contributed by atoms with van der Waals surface area (Å²) < 4.78 is 0. The van der Waals surface area contributed by atoms with Gasteiger partial charge in [0.05, 0.1) is 10.6 Å². The molecule has 1 heterocycles. The van der Waals surface area contributed by atoms with Gasteiger partial charge in [0.15, 0.2) is 6.29 Å².